The van der Waals surface area contributed by atoms with E-state index in [0.717, 1.165) is 33.8 Å². The normalized spacial score (nSPS) is 11.9. The van der Waals surface area contributed by atoms with Crippen LogP contribution in [-0.4, -0.2) is 44.3 Å². The first kappa shape index (κ1) is 32.5. The molecule has 7 nitrogen and oxygen atoms in total. The number of carbonyl (C=O) groups excluding carboxylic acids is 2. The molecule has 4 aromatic carbocycles. The summed E-state index contributed by atoms with van der Waals surface area (Å²) >= 11 is 0. The number of aryl methyl sites for hydroxylation is 2. The predicted molar refractivity (Wildman–Crippen MR) is 176 cm³/mol. The zero-order valence-electron chi connectivity index (χ0n) is 25.6. The molecule has 1 atom stereocenters. The maximum atomic E-state index is 14.5. The number of hydrogen-bond acceptors (Lipinski definition) is 4. The van der Waals surface area contributed by atoms with Gasteiger partial charge in [0.05, 0.1) is 10.6 Å². The molecule has 0 saturated carbocycles. The summed E-state index contributed by atoms with van der Waals surface area (Å²) in [5.41, 5.74) is 3.90. The second kappa shape index (κ2) is 15.3. The fourth-order valence-corrected chi connectivity index (χ4v) is 6.64. The fraction of sp³-hybridized carbons (Fsp3) is 0.278. The molecule has 0 heterocycles. The maximum Gasteiger partial charge on any atom is 0.264 e. The first-order chi connectivity index (χ1) is 21.2. The summed E-state index contributed by atoms with van der Waals surface area (Å²) in [5, 5.41) is 3.02. The summed E-state index contributed by atoms with van der Waals surface area (Å²) in [4.78, 5) is 29.9. The van der Waals surface area contributed by atoms with E-state index in [1.807, 2.05) is 80.6 Å². The van der Waals surface area contributed by atoms with E-state index < -0.39 is 28.5 Å². The number of hydrogen-bond donors (Lipinski definition) is 1. The Morgan fingerprint density at radius 1 is 0.795 bits per heavy atom. The largest absolute Gasteiger partial charge is 0.354 e. The SMILES string of the molecule is CCCCNC(=O)C(Cc1ccccc1)N(Cc1cccc(C)c1)C(=O)CN(c1ccccc1C)S(=O)(=O)c1ccccc1. The highest BCUT2D eigenvalue weighted by Crippen LogP contribution is 2.27. The number of nitrogens with zero attached hydrogens (tertiary/aromatic N) is 2. The van der Waals surface area contributed by atoms with Gasteiger partial charge in [-0.1, -0.05) is 110 Å². The van der Waals surface area contributed by atoms with Crippen LogP contribution in [0.15, 0.2) is 114 Å². The topological polar surface area (TPSA) is 86.8 Å². The molecule has 230 valence electrons. The van der Waals surface area contributed by atoms with Crippen LogP contribution < -0.4 is 9.62 Å². The molecule has 4 rings (SSSR count). The molecule has 1 N–H and O–H groups in total. The molecular weight excluding hydrogens is 570 g/mol. The van der Waals surface area contributed by atoms with Crippen LogP contribution in [0.3, 0.4) is 0 Å². The van der Waals surface area contributed by atoms with E-state index in [1.165, 1.54) is 17.0 Å². The maximum absolute atomic E-state index is 14.5. The molecule has 0 aliphatic rings. The number of para-hydroxylation sites is 1. The highest BCUT2D eigenvalue weighted by molar-refractivity contribution is 7.92. The van der Waals surface area contributed by atoms with Gasteiger partial charge in [-0.2, -0.15) is 0 Å². The minimum atomic E-state index is -4.12. The Balaban J connectivity index is 1.79. The lowest BCUT2D eigenvalue weighted by Crippen LogP contribution is -2.53. The lowest BCUT2D eigenvalue weighted by molar-refractivity contribution is -0.140. The summed E-state index contributed by atoms with van der Waals surface area (Å²) in [6.07, 6.45) is 2.01. The lowest BCUT2D eigenvalue weighted by atomic mass is 10.0. The zero-order valence-corrected chi connectivity index (χ0v) is 26.5. The number of carbonyl (C=O) groups is 2. The van der Waals surface area contributed by atoms with Gasteiger partial charge < -0.3 is 10.2 Å². The van der Waals surface area contributed by atoms with Crippen LogP contribution in [0.4, 0.5) is 5.69 Å². The van der Waals surface area contributed by atoms with Crippen molar-refractivity contribution in [3.8, 4) is 0 Å². The third kappa shape index (κ3) is 8.35. The Kier molecular flexibility index (Phi) is 11.3. The average Bonchev–Trinajstić information content (AvgIpc) is 3.03. The third-order valence-corrected chi connectivity index (χ3v) is 9.30. The van der Waals surface area contributed by atoms with E-state index in [2.05, 4.69) is 12.2 Å². The van der Waals surface area contributed by atoms with Crippen LogP contribution in [0.25, 0.3) is 0 Å². The first-order valence-electron chi connectivity index (χ1n) is 15.0. The summed E-state index contributed by atoms with van der Waals surface area (Å²) in [6.45, 7) is 6.01. The van der Waals surface area contributed by atoms with Crippen LogP contribution >= 0.6 is 0 Å². The van der Waals surface area contributed by atoms with E-state index in [4.69, 9.17) is 0 Å². The molecule has 8 heteroatoms. The standard InChI is InChI=1S/C36H41N3O4S/c1-4-5-23-37-36(41)34(25-30-17-8-6-9-18-30)38(26-31-19-14-15-28(2)24-31)35(40)27-39(33-22-13-12-16-29(33)3)44(42,43)32-20-10-7-11-21-32/h6-22,24,34H,4-5,23,25-27H2,1-3H3,(H,37,41). The minimum Gasteiger partial charge on any atom is -0.354 e. The zero-order chi connectivity index (χ0) is 31.5. The number of sulfonamides is 1. The molecule has 0 saturated heterocycles. The summed E-state index contributed by atoms with van der Waals surface area (Å²) in [5.74, 6) is -0.738. The van der Waals surface area contributed by atoms with E-state index in [-0.39, 0.29) is 23.8 Å². The van der Waals surface area contributed by atoms with Crippen LogP contribution in [0.1, 0.15) is 42.0 Å². The number of benzene rings is 4. The Hall–Kier alpha value is -4.43. The van der Waals surface area contributed by atoms with Crippen molar-refractivity contribution in [1.29, 1.82) is 0 Å². The molecule has 0 fully saturated rings. The van der Waals surface area contributed by atoms with Crippen molar-refractivity contribution in [2.75, 3.05) is 17.4 Å². The molecule has 4 aromatic rings. The van der Waals surface area contributed by atoms with Crippen molar-refractivity contribution in [2.45, 2.75) is 57.5 Å². The Morgan fingerprint density at radius 2 is 1.43 bits per heavy atom. The smallest absolute Gasteiger partial charge is 0.264 e. The Morgan fingerprint density at radius 3 is 2.09 bits per heavy atom. The molecule has 0 radical (unpaired) electrons. The molecule has 0 bridgehead atoms. The quantitative estimate of drug-likeness (QED) is 0.176. The Labute approximate surface area is 261 Å². The number of rotatable bonds is 14. The third-order valence-electron chi connectivity index (χ3n) is 7.53. The molecule has 2 amide bonds. The summed E-state index contributed by atoms with van der Waals surface area (Å²) in [6, 6.07) is 31.7. The number of nitrogens with one attached hydrogen (secondary N) is 1. The fourth-order valence-electron chi connectivity index (χ4n) is 5.14. The van der Waals surface area contributed by atoms with Crippen molar-refractivity contribution in [3.05, 3.63) is 131 Å². The number of amides is 2. The van der Waals surface area contributed by atoms with Gasteiger partial charge in [-0.05, 0) is 55.2 Å². The first-order valence-corrected chi connectivity index (χ1v) is 16.4. The Bertz CT molecular complexity index is 1640. The average molecular weight is 612 g/mol. The molecule has 1 unspecified atom stereocenters. The number of anilines is 1. The summed E-state index contributed by atoms with van der Waals surface area (Å²) in [7, 11) is -4.12. The highest BCUT2D eigenvalue weighted by atomic mass is 32.2. The van der Waals surface area contributed by atoms with E-state index in [1.54, 1.807) is 30.3 Å². The van der Waals surface area contributed by atoms with Crippen LogP contribution in [0.5, 0.6) is 0 Å². The van der Waals surface area contributed by atoms with Gasteiger partial charge in [0.2, 0.25) is 11.8 Å². The van der Waals surface area contributed by atoms with Gasteiger partial charge in [-0.15, -0.1) is 0 Å². The van der Waals surface area contributed by atoms with Gasteiger partial charge >= 0.3 is 0 Å². The van der Waals surface area contributed by atoms with Gasteiger partial charge in [-0.3, -0.25) is 13.9 Å². The highest BCUT2D eigenvalue weighted by Gasteiger charge is 2.35. The molecule has 44 heavy (non-hydrogen) atoms. The van der Waals surface area contributed by atoms with E-state index in [9.17, 15) is 18.0 Å². The molecule has 0 aliphatic heterocycles. The van der Waals surface area contributed by atoms with Crippen molar-refractivity contribution < 1.29 is 18.0 Å². The van der Waals surface area contributed by atoms with Gasteiger partial charge in [0.25, 0.3) is 10.0 Å². The van der Waals surface area contributed by atoms with Crippen molar-refractivity contribution in [3.63, 3.8) is 0 Å². The molecule has 0 aliphatic carbocycles. The van der Waals surface area contributed by atoms with Gasteiger partial charge in [0.1, 0.15) is 12.6 Å². The predicted octanol–water partition coefficient (Wildman–Crippen LogP) is 6.06. The van der Waals surface area contributed by atoms with Crippen molar-refractivity contribution in [1.82, 2.24) is 10.2 Å². The van der Waals surface area contributed by atoms with Gasteiger partial charge in [0, 0.05) is 19.5 Å². The number of unbranched alkanes of at least 4 members (excludes halogenated alkanes) is 1. The lowest BCUT2D eigenvalue weighted by Gasteiger charge is -2.34. The van der Waals surface area contributed by atoms with Crippen molar-refractivity contribution in [2.24, 2.45) is 0 Å². The van der Waals surface area contributed by atoms with Crippen LogP contribution in [0.2, 0.25) is 0 Å². The van der Waals surface area contributed by atoms with Crippen LogP contribution in [-0.2, 0) is 32.6 Å². The van der Waals surface area contributed by atoms with Crippen LogP contribution in [0, 0.1) is 13.8 Å². The molecule has 0 spiro atoms. The van der Waals surface area contributed by atoms with Gasteiger partial charge in [0.15, 0.2) is 0 Å². The second-order valence-electron chi connectivity index (χ2n) is 11.0. The monoisotopic (exact) mass is 611 g/mol. The van der Waals surface area contributed by atoms with E-state index in [0.29, 0.717) is 17.8 Å². The van der Waals surface area contributed by atoms with Crippen molar-refractivity contribution >= 4 is 27.5 Å². The summed E-state index contributed by atoms with van der Waals surface area (Å²) < 4.78 is 29.3. The second-order valence-corrected chi connectivity index (χ2v) is 12.8. The molecule has 0 aromatic heterocycles. The molecular formula is C36H41N3O4S. The van der Waals surface area contributed by atoms with E-state index >= 15 is 0 Å². The minimum absolute atomic E-state index is 0.0828. The van der Waals surface area contributed by atoms with Gasteiger partial charge in [-0.25, -0.2) is 8.42 Å².